The van der Waals surface area contributed by atoms with Gasteiger partial charge in [-0.2, -0.15) is 0 Å². The van der Waals surface area contributed by atoms with Crippen molar-refractivity contribution in [2.75, 3.05) is 45.3 Å². The highest BCUT2D eigenvalue weighted by Crippen LogP contribution is 2.13. The first-order valence-corrected chi connectivity index (χ1v) is 6.49. The average Bonchev–Trinajstić information content (AvgIpc) is 2.46. The maximum absolute atomic E-state index is 11.9. The molecule has 4 heteroatoms. The molecule has 0 atom stereocenters. The van der Waals surface area contributed by atoms with E-state index in [0.717, 1.165) is 11.3 Å². The van der Waals surface area contributed by atoms with Crippen molar-refractivity contribution < 1.29 is 9.53 Å². The van der Waals surface area contributed by atoms with Crippen molar-refractivity contribution in [2.24, 2.45) is 0 Å². The van der Waals surface area contributed by atoms with Crippen LogP contribution in [-0.2, 0) is 9.53 Å². The molecule has 0 unspecified atom stereocenters. The minimum Gasteiger partial charge on any atom is -0.378 e. The molecular weight excluding hydrogens is 240 g/mol. The molecule has 4 nitrogen and oxygen atoms in total. The average molecular weight is 260 g/mol. The molecule has 102 valence electrons. The lowest BCUT2D eigenvalue weighted by Crippen LogP contribution is -2.39. The topological polar surface area (TPSA) is 32.8 Å². The lowest BCUT2D eigenvalue weighted by atomic mass is 10.2. The lowest BCUT2D eigenvalue weighted by molar-refractivity contribution is -0.129. The molecule has 1 heterocycles. The van der Waals surface area contributed by atoms with Gasteiger partial charge in [0.2, 0.25) is 5.91 Å². The Morgan fingerprint density at radius 2 is 1.84 bits per heavy atom. The van der Waals surface area contributed by atoms with Crippen molar-refractivity contribution >= 4 is 17.7 Å². The highest BCUT2D eigenvalue weighted by atomic mass is 16.5. The van der Waals surface area contributed by atoms with Crippen LogP contribution in [0.1, 0.15) is 5.56 Å². The normalized spacial score (nSPS) is 15.8. The third-order valence-electron chi connectivity index (χ3n) is 3.15. The highest BCUT2D eigenvalue weighted by molar-refractivity contribution is 5.91. The molecule has 1 fully saturated rings. The number of carbonyl (C=O) groups excluding carboxylic acids is 1. The van der Waals surface area contributed by atoms with Crippen LogP contribution < -0.4 is 4.90 Å². The number of ether oxygens (including phenoxy) is 1. The molecule has 1 aliphatic rings. The summed E-state index contributed by atoms with van der Waals surface area (Å²) in [6.07, 6.45) is 3.49. The molecule has 0 aliphatic carbocycles. The summed E-state index contributed by atoms with van der Waals surface area (Å²) in [5.74, 6) is 0.0555. The predicted octanol–water partition coefficient (Wildman–Crippen LogP) is 1.62. The second-order valence-electron chi connectivity index (χ2n) is 4.76. The van der Waals surface area contributed by atoms with Gasteiger partial charge in [0.25, 0.3) is 0 Å². The van der Waals surface area contributed by atoms with Crippen molar-refractivity contribution in [3.8, 4) is 0 Å². The summed E-state index contributed by atoms with van der Waals surface area (Å²) in [5.41, 5.74) is 2.18. The van der Waals surface area contributed by atoms with E-state index in [1.54, 1.807) is 6.08 Å². The Labute approximate surface area is 114 Å². The Hall–Kier alpha value is -1.81. The molecule has 1 saturated heterocycles. The third kappa shape index (κ3) is 3.83. The van der Waals surface area contributed by atoms with Crippen LogP contribution in [0.2, 0.25) is 0 Å². The van der Waals surface area contributed by atoms with Crippen molar-refractivity contribution in [3.05, 3.63) is 35.9 Å². The summed E-state index contributed by atoms with van der Waals surface area (Å²) in [7, 11) is 4.01. The predicted molar refractivity (Wildman–Crippen MR) is 77.2 cm³/mol. The first-order chi connectivity index (χ1) is 9.16. The van der Waals surface area contributed by atoms with E-state index in [1.807, 2.05) is 54.2 Å². The fraction of sp³-hybridized carbons (Fsp3) is 0.400. The Kier molecular flexibility index (Phi) is 4.58. The second kappa shape index (κ2) is 6.38. The molecule has 2 rings (SSSR count). The fourth-order valence-electron chi connectivity index (χ4n) is 1.94. The van der Waals surface area contributed by atoms with E-state index in [9.17, 15) is 4.79 Å². The van der Waals surface area contributed by atoms with Crippen molar-refractivity contribution in [3.63, 3.8) is 0 Å². The number of nitrogens with zero attached hydrogens (tertiary/aromatic N) is 2. The van der Waals surface area contributed by atoms with Crippen molar-refractivity contribution in [1.82, 2.24) is 4.90 Å². The Morgan fingerprint density at radius 1 is 1.21 bits per heavy atom. The van der Waals surface area contributed by atoms with Gasteiger partial charge in [-0.15, -0.1) is 0 Å². The van der Waals surface area contributed by atoms with Gasteiger partial charge in [0.1, 0.15) is 0 Å². The highest BCUT2D eigenvalue weighted by Gasteiger charge is 2.13. The molecule has 0 aromatic heterocycles. The molecule has 0 N–H and O–H groups in total. The Morgan fingerprint density at radius 3 is 2.42 bits per heavy atom. The second-order valence-corrected chi connectivity index (χ2v) is 4.76. The summed E-state index contributed by atoms with van der Waals surface area (Å²) >= 11 is 0. The van der Waals surface area contributed by atoms with E-state index in [2.05, 4.69) is 0 Å². The molecule has 19 heavy (non-hydrogen) atoms. The summed E-state index contributed by atoms with van der Waals surface area (Å²) in [4.78, 5) is 15.8. The summed E-state index contributed by atoms with van der Waals surface area (Å²) in [6, 6.07) is 8.11. The number of amides is 1. The van der Waals surface area contributed by atoms with E-state index in [1.165, 1.54) is 0 Å². The smallest absolute Gasteiger partial charge is 0.246 e. The van der Waals surface area contributed by atoms with E-state index in [0.29, 0.717) is 26.3 Å². The van der Waals surface area contributed by atoms with Gasteiger partial charge in [0.05, 0.1) is 13.2 Å². The van der Waals surface area contributed by atoms with Crippen LogP contribution in [0.5, 0.6) is 0 Å². The van der Waals surface area contributed by atoms with Gasteiger partial charge in [0, 0.05) is 38.9 Å². The van der Waals surface area contributed by atoms with Crippen molar-refractivity contribution in [2.45, 2.75) is 0 Å². The van der Waals surface area contributed by atoms with Crippen LogP contribution in [0.15, 0.2) is 30.3 Å². The van der Waals surface area contributed by atoms with Crippen LogP contribution in [0, 0.1) is 0 Å². The van der Waals surface area contributed by atoms with Crippen molar-refractivity contribution in [1.29, 1.82) is 0 Å². The van der Waals surface area contributed by atoms with Gasteiger partial charge >= 0.3 is 0 Å². The maximum Gasteiger partial charge on any atom is 0.246 e. The van der Waals surface area contributed by atoms with Crippen LogP contribution >= 0.6 is 0 Å². The summed E-state index contributed by atoms with van der Waals surface area (Å²) in [6.45, 7) is 2.64. The minimum atomic E-state index is 0.0555. The standard InChI is InChI=1S/C15H20N2O2/c1-16(2)14-6-3-13(4-7-14)5-8-15(18)17-9-11-19-12-10-17/h3-8H,9-12H2,1-2H3/b8-5+. The van der Waals surface area contributed by atoms with Gasteiger partial charge in [-0.1, -0.05) is 12.1 Å². The van der Waals surface area contributed by atoms with E-state index < -0.39 is 0 Å². The van der Waals surface area contributed by atoms with E-state index >= 15 is 0 Å². The number of morpholine rings is 1. The van der Waals surface area contributed by atoms with E-state index in [4.69, 9.17) is 4.74 Å². The molecule has 1 aliphatic heterocycles. The summed E-state index contributed by atoms with van der Waals surface area (Å²) in [5, 5.41) is 0. The molecule has 0 radical (unpaired) electrons. The van der Waals surface area contributed by atoms with Crippen LogP contribution in [0.25, 0.3) is 6.08 Å². The number of carbonyl (C=O) groups is 1. The molecular formula is C15H20N2O2. The van der Waals surface area contributed by atoms with Crippen LogP contribution in [0.3, 0.4) is 0 Å². The molecule has 0 bridgehead atoms. The number of anilines is 1. The van der Waals surface area contributed by atoms with Gasteiger partial charge in [-0.25, -0.2) is 0 Å². The lowest BCUT2D eigenvalue weighted by Gasteiger charge is -2.25. The Balaban J connectivity index is 1.95. The zero-order chi connectivity index (χ0) is 13.7. The number of rotatable bonds is 3. The largest absolute Gasteiger partial charge is 0.378 e. The van der Waals surface area contributed by atoms with E-state index in [-0.39, 0.29) is 5.91 Å². The van der Waals surface area contributed by atoms with Crippen LogP contribution in [-0.4, -0.2) is 51.2 Å². The molecule has 1 amide bonds. The van der Waals surface area contributed by atoms with Gasteiger partial charge in [-0.05, 0) is 23.8 Å². The maximum atomic E-state index is 11.9. The Bertz CT molecular complexity index is 446. The fourth-order valence-corrected chi connectivity index (χ4v) is 1.94. The SMILES string of the molecule is CN(C)c1ccc(/C=C/C(=O)N2CCOCC2)cc1. The first-order valence-electron chi connectivity index (χ1n) is 6.49. The molecule has 1 aromatic rings. The number of benzene rings is 1. The monoisotopic (exact) mass is 260 g/mol. The molecule has 0 saturated carbocycles. The number of hydrogen-bond donors (Lipinski definition) is 0. The molecule has 0 spiro atoms. The number of hydrogen-bond acceptors (Lipinski definition) is 3. The van der Waals surface area contributed by atoms with Crippen LogP contribution in [0.4, 0.5) is 5.69 Å². The van der Waals surface area contributed by atoms with Gasteiger partial charge in [-0.3, -0.25) is 4.79 Å². The molecule has 1 aromatic carbocycles. The van der Waals surface area contributed by atoms with Gasteiger partial charge in [0.15, 0.2) is 0 Å². The zero-order valence-corrected chi connectivity index (χ0v) is 11.5. The van der Waals surface area contributed by atoms with Gasteiger partial charge < -0.3 is 14.5 Å². The summed E-state index contributed by atoms with van der Waals surface area (Å²) < 4.78 is 5.23. The first kappa shape index (κ1) is 13.6. The zero-order valence-electron chi connectivity index (χ0n) is 11.5. The minimum absolute atomic E-state index is 0.0555. The third-order valence-corrected chi connectivity index (χ3v) is 3.15. The quantitative estimate of drug-likeness (QED) is 0.774.